The fraction of sp³-hybridized carbons (Fsp3) is 0.471. The Hall–Kier alpha value is -2.21. The van der Waals surface area contributed by atoms with E-state index in [1.807, 2.05) is 24.4 Å². The first-order valence-corrected chi connectivity index (χ1v) is 7.63. The first-order valence-electron chi connectivity index (χ1n) is 7.63. The first-order chi connectivity index (χ1) is 10.8. The molecule has 1 saturated heterocycles. The first kappa shape index (κ1) is 15.7. The molecule has 2 heterocycles. The number of aromatic nitrogens is 1. The van der Waals surface area contributed by atoms with Gasteiger partial charge in [0.1, 0.15) is 5.75 Å². The van der Waals surface area contributed by atoms with Crippen molar-refractivity contribution in [2.75, 3.05) is 13.7 Å². The number of hydrogen-bond acceptors (Lipinski definition) is 4. The highest BCUT2D eigenvalue weighted by Gasteiger charge is 2.56. The Morgan fingerprint density at radius 1 is 1.35 bits per heavy atom. The molecule has 6 nitrogen and oxygen atoms in total. The molecule has 0 aliphatic carbocycles. The molecule has 1 aliphatic heterocycles. The summed E-state index contributed by atoms with van der Waals surface area (Å²) in [6.45, 7) is 5.40. The number of benzene rings is 1. The second kappa shape index (κ2) is 5.16. The molecule has 23 heavy (non-hydrogen) atoms. The number of amides is 1. The highest BCUT2D eigenvalue weighted by atomic mass is 16.6. The largest absolute Gasteiger partial charge is 0.497 e. The van der Waals surface area contributed by atoms with E-state index in [1.54, 1.807) is 27.9 Å². The van der Waals surface area contributed by atoms with Crippen molar-refractivity contribution in [3.63, 3.8) is 0 Å². The van der Waals surface area contributed by atoms with Gasteiger partial charge in [-0.1, -0.05) is 0 Å². The van der Waals surface area contributed by atoms with E-state index in [0.717, 1.165) is 22.2 Å². The molecule has 1 amide bonds. The fourth-order valence-electron chi connectivity index (χ4n) is 2.91. The van der Waals surface area contributed by atoms with Crippen LogP contribution in [0.15, 0.2) is 24.4 Å². The molecule has 1 aliphatic rings. The van der Waals surface area contributed by atoms with Crippen LogP contribution in [-0.2, 0) is 11.2 Å². The number of ether oxygens (including phenoxy) is 2. The number of carbonyl (C=O) groups excluding carboxylic acids is 1. The van der Waals surface area contributed by atoms with Crippen LogP contribution in [-0.4, -0.2) is 46.1 Å². The summed E-state index contributed by atoms with van der Waals surface area (Å²) in [6.07, 6.45) is 2.04. The zero-order valence-corrected chi connectivity index (χ0v) is 13.8. The third-order valence-corrected chi connectivity index (χ3v) is 4.81. The van der Waals surface area contributed by atoms with Crippen LogP contribution >= 0.6 is 0 Å². The Morgan fingerprint density at radius 2 is 2.09 bits per heavy atom. The van der Waals surface area contributed by atoms with Gasteiger partial charge in [0.15, 0.2) is 11.3 Å². The van der Waals surface area contributed by atoms with Gasteiger partial charge in [0.05, 0.1) is 7.11 Å². The summed E-state index contributed by atoms with van der Waals surface area (Å²) >= 11 is 0. The van der Waals surface area contributed by atoms with Gasteiger partial charge in [0.25, 0.3) is 0 Å². The third kappa shape index (κ3) is 2.43. The van der Waals surface area contributed by atoms with E-state index >= 15 is 0 Å². The lowest BCUT2D eigenvalue weighted by molar-refractivity contribution is -0.126. The molecular weight excluding hydrogens is 296 g/mol. The Bertz CT molecular complexity index is 748. The zero-order valence-electron chi connectivity index (χ0n) is 13.8. The van der Waals surface area contributed by atoms with Crippen molar-refractivity contribution < 1.29 is 19.4 Å². The second-order valence-corrected chi connectivity index (χ2v) is 6.53. The maximum atomic E-state index is 12.0. The van der Waals surface area contributed by atoms with Gasteiger partial charge in [-0.25, -0.2) is 4.79 Å². The Kier molecular flexibility index (Phi) is 3.52. The van der Waals surface area contributed by atoms with Crippen LogP contribution in [0.3, 0.4) is 0 Å². The zero-order chi connectivity index (χ0) is 16.8. The number of carbonyl (C=O) groups is 1. The SMILES string of the molecule is COc1ccc2[nH]cc(CCN3C(=O)OC(C)(C)C3(C)O)c2c1. The molecule has 1 unspecified atom stereocenters. The van der Waals surface area contributed by atoms with Gasteiger partial charge in [0.2, 0.25) is 0 Å². The highest BCUT2D eigenvalue weighted by molar-refractivity contribution is 5.84. The number of nitrogens with one attached hydrogen (secondary N) is 1. The third-order valence-electron chi connectivity index (χ3n) is 4.81. The van der Waals surface area contributed by atoms with E-state index in [9.17, 15) is 9.90 Å². The monoisotopic (exact) mass is 318 g/mol. The molecule has 1 fully saturated rings. The standard InChI is InChI=1S/C17H22N2O4/c1-16(2)17(3,21)19(15(20)23-16)8-7-11-10-18-14-6-5-12(22-4)9-13(11)14/h5-6,9-10,18,21H,7-8H2,1-4H3. The minimum Gasteiger partial charge on any atom is -0.497 e. The summed E-state index contributed by atoms with van der Waals surface area (Å²) < 4.78 is 10.5. The summed E-state index contributed by atoms with van der Waals surface area (Å²) in [4.78, 5) is 16.6. The van der Waals surface area contributed by atoms with E-state index in [0.29, 0.717) is 13.0 Å². The number of hydrogen-bond donors (Lipinski definition) is 2. The number of cyclic esters (lactones) is 1. The summed E-state index contributed by atoms with van der Waals surface area (Å²) in [5, 5.41) is 11.7. The summed E-state index contributed by atoms with van der Waals surface area (Å²) in [7, 11) is 1.63. The van der Waals surface area contributed by atoms with Crippen LogP contribution in [0.1, 0.15) is 26.3 Å². The van der Waals surface area contributed by atoms with Gasteiger partial charge in [0, 0.05) is 23.6 Å². The van der Waals surface area contributed by atoms with Crippen molar-refractivity contribution in [1.29, 1.82) is 0 Å². The van der Waals surface area contributed by atoms with Crippen molar-refractivity contribution >= 4 is 17.0 Å². The minimum absolute atomic E-state index is 0.374. The maximum Gasteiger partial charge on any atom is 0.412 e. The minimum atomic E-state index is -1.34. The fourth-order valence-corrected chi connectivity index (χ4v) is 2.91. The molecule has 0 saturated carbocycles. The molecule has 1 atom stereocenters. The molecule has 6 heteroatoms. The highest BCUT2D eigenvalue weighted by Crippen LogP contribution is 2.37. The summed E-state index contributed by atoms with van der Waals surface area (Å²) in [5.41, 5.74) is -0.203. The van der Waals surface area contributed by atoms with Gasteiger partial charge in [-0.3, -0.25) is 4.90 Å². The lowest BCUT2D eigenvalue weighted by Crippen LogP contribution is -2.54. The van der Waals surface area contributed by atoms with E-state index in [1.165, 1.54) is 4.90 Å². The smallest absolute Gasteiger partial charge is 0.412 e. The van der Waals surface area contributed by atoms with Crippen LogP contribution in [0.2, 0.25) is 0 Å². The van der Waals surface area contributed by atoms with Crippen LogP contribution in [0.4, 0.5) is 4.79 Å². The van der Waals surface area contributed by atoms with Gasteiger partial charge < -0.3 is 19.6 Å². The summed E-state index contributed by atoms with van der Waals surface area (Å²) in [6, 6.07) is 5.82. The molecular formula is C17H22N2O4. The average Bonchev–Trinajstić information content (AvgIpc) is 2.94. The van der Waals surface area contributed by atoms with Crippen molar-refractivity contribution in [3.8, 4) is 5.75 Å². The number of methoxy groups -OCH3 is 1. The number of aromatic amines is 1. The number of H-pyrrole nitrogens is 1. The molecule has 0 radical (unpaired) electrons. The van der Waals surface area contributed by atoms with Crippen LogP contribution in [0.25, 0.3) is 10.9 Å². The van der Waals surface area contributed by atoms with E-state index < -0.39 is 17.4 Å². The van der Waals surface area contributed by atoms with E-state index in [2.05, 4.69) is 4.98 Å². The maximum absolute atomic E-state index is 12.0. The number of aliphatic hydroxyl groups is 1. The quantitative estimate of drug-likeness (QED) is 0.909. The number of rotatable bonds is 4. The summed E-state index contributed by atoms with van der Waals surface area (Å²) in [5.74, 6) is 0.784. The van der Waals surface area contributed by atoms with Gasteiger partial charge >= 0.3 is 6.09 Å². The van der Waals surface area contributed by atoms with Gasteiger partial charge in [-0.15, -0.1) is 0 Å². The predicted octanol–water partition coefficient (Wildman–Crippen LogP) is 2.66. The topological polar surface area (TPSA) is 74.8 Å². The normalized spacial score (nSPS) is 23.3. The lowest BCUT2D eigenvalue weighted by Gasteiger charge is -2.34. The van der Waals surface area contributed by atoms with Gasteiger partial charge in [-0.2, -0.15) is 0 Å². The second-order valence-electron chi connectivity index (χ2n) is 6.53. The Morgan fingerprint density at radius 3 is 2.70 bits per heavy atom. The van der Waals surface area contributed by atoms with Crippen molar-refractivity contribution in [1.82, 2.24) is 9.88 Å². The van der Waals surface area contributed by atoms with Crippen LogP contribution in [0, 0.1) is 0 Å². The van der Waals surface area contributed by atoms with Gasteiger partial charge in [-0.05, 0) is 51.0 Å². The predicted molar refractivity (Wildman–Crippen MR) is 86.4 cm³/mol. The number of fused-ring (bicyclic) bond motifs is 1. The van der Waals surface area contributed by atoms with Crippen LogP contribution < -0.4 is 4.74 Å². The van der Waals surface area contributed by atoms with E-state index in [4.69, 9.17) is 9.47 Å². The van der Waals surface area contributed by atoms with E-state index in [-0.39, 0.29) is 0 Å². The van der Waals surface area contributed by atoms with Crippen molar-refractivity contribution in [2.45, 2.75) is 38.5 Å². The average molecular weight is 318 g/mol. The van der Waals surface area contributed by atoms with Crippen LogP contribution in [0.5, 0.6) is 5.75 Å². The lowest BCUT2D eigenvalue weighted by atomic mass is 9.95. The molecule has 2 N–H and O–H groups in total. The molecule has 2 aromatic rings. The molecule has 1 aromatic heterocycles. The molecule has 124 valence electrons. The molecule has 3 rings (SSSR count). The molecule has 0 bridgehead atoms. The molecule has 1 aromatic carbocycles. The molecule has 0 spiro atoms. The van der Waals surface area contributed by atoms with Crippen molar-refractivity contribution in [3.05, 3.63) is 30.0 Å². The van der Waals surface area contributed by atoms with Crippen molar-refractivity contribution in [2.24, 2.45) is 0 Å². The number of nitrogens with zero attached hydrogens (tertiary/aromatic N) is 1. The Balaban J connectivity index is 1.82. The Labute approximate surface area is 135 Å².